The lowest BCUT2D eigenvalue weighted by molar-refractivity contribution is -0.123. The molecule has 40 heavy (non-hydrogen) atoms. The second-order valence-electron chi connectivity index (χ2n) is 8.91. The van der Waals surface area contributed by atoms with Gasteiger partial charge in [0.2, 0.25) is 15.9 Å². The summed E-state index contributed by atoms with van der Waals surface area (Å²) in [7, 11) is -5.68. The maximum Gasteiger partial charge on any atom is 0.547 e. The van der Waals surface area contributed by atoms with E-state index < -0.39 is 69.6 Å². The lowest BCUT2D eigenvalue weighted by atomic mass is 9.72. The van der Waals surface area contributed by atoms with Gasteiger partial charge in [-0.15, -0.1) is 0 Å². The first-order valence-corrected chi connectivity index (χ1v) is 13.7. The Kier molecular flexibility index (Phi) is 7.73. The van der Waals surface area contributed by atoms with Crippen molar-refractivity contribution in [2.75, 3.05) is 19.3 Å². The number of carboxylic acid groups (broad SMARTS) is 1. The Balaban J connectivity index is 1.62. The number of rotatable bonds is 6. The van der Waals surface area contributed by atoms with Crippen LogP contribution < -0.4 is 15.3 Å². The molecule has 2 aliphatic rings. The second-order valence-corrected chi connectivity index (χ2v) is 11.2. The summed E-state index contributed by atoms with van der Waals surface area (Å²) in [5.74, 6) is -4.95. The molecule has 2 aromatic carbocycles. The molecule has 1 fully saturated rings. The Bertz CT molecular complexity index is 1520. The van der Waals surface area contributed by atoms with Crippen LogP contribution in [0.15, 0.2) is 30.3 Å². The number of halogens is 1. The van der Waals surface area contributed by atoms with Crippen molar-refractivity contribution < 1.29 is 52.6 Å². The number of nitrogens with one attached hydrogen (secondary N) is 2. The Morgan fingerprint density at radius 2 is 1.88 bits per heavy atom. The van der Waals surface area contributed by atoms with Crippen molar-refractivity contribution in [2.24, 2.45) is 0 Å². The molecule has 0 aromatic heterocycles. The highest BCUT2D eigenvalue weighted by Gasteiger charge is 2.42. The zero-order valence-electron chi connectivity index (χ0n) is 20.6. The molecule has 2 atom stereocenters. The van der Waals surface area contributed by atoms with Gasteiger partial charge in [0, 0.05) is 5.56 Å². The molecular formula is C22H22BClN4O11S. The lowest BCUT2D eigenvalue weighted by Crippen LogP contribution is -2.56. The van der Waals surface area contributed by atoms with Crippen LogP contribution in [0.1, 0.15) is 27.5 Å². The molecule has 0 bridgehead atoms. The van der Waals surface area contributed by atoms with E-state index >= 15 is 0 Å². The number of benzene rings is 2. The molecule has 2 heterocycles. The van der Waals surface area contributed by atoms with E-state index in [-0.39, 0.29) is 36.4 Å². The molecule has 212 valence electrons. The van der Waals surface area contributed by atoms with Gasteiger partial charge in [0.1, 0.15) is 11.8 Å². The van der Waals surface area contributed by atoms with Gasteiger partial charge in [-0.1, -0.05) is 29.8 Å². The number of aromatic carboxylic acids is 1. The monoisotopic (exact) mass is 596 g/mol. The number of nitrogens with zero attached hydrogens (tertiary/aromatic N) is 2. The van der Waals surface area contributed by atoms with E-state index in [9.17, 15) is 47.9 Å². The van der Waals surface area contributed by atoms with Crippen molar-refractivity contribution in [3.63, 3.8) is 0 Å². The molecule has 4 rings (SSSR count). The highest BCUT2D eigenvalue weighted by molar-refractivity contribution is 7.88. The number of carbonyl (C=O) groups excluding carboxylic acids is 3. The highest BCUT2D eigenvalue weighted by atomic mass is 35.5. The zero-order chi connectivity index (χ0) is 29.5. The second kappa shape index (κ2) is 10.7. The Hall–Kier alpha value is -4.22. The largest absolute Gasteiger partial charge is 0.547 e. The number of hydrogen-bond acceptors (Lipinski definition) is 10. The van der Waals surface area contributed by atoms with Gasteiger partial charge in [-0.05, 0) is 24.1 Å². The summed E-state index contributed by atoms with van der Waals surface area (Å²) >= 11 is 6.14. The zero-order valence-corrected chi connectivity index (χ0v) is 22.1. The van der Waals surface area contributed by atoms with E-state index in [0.29, 0.717) is 14.8 Å². The summed E-state index contributed by atoms with van der Waals surface area (Å²) in [4.78, 5) is 51.0. The van der Waals surface area contributed by atoms with Gasteiger partial charge in [-0.25, -0.2) is 32.0 Å². The molecule has 1 saturated heterocycles. The quantitative estimate of drug-likeness (QED) is 0.193. The van der Waals surface area contributed by atoms with Crippen molar-refractivity contribution in [2.45, 2.75) is 18.4 Å². The lowest BCUT2D eigenvalue weighted by Gasteiger charge is -2.30. The average molecular weight is 597 g/mol. The summed E-state index contributed by atoms with van der Waals surface area (Å²) in [5.41, 5.74) is -0.0506. The van der Waals surface area contributed by atoms with Gasteiger partial charge < -0.3 is 35.6 Å². The fourth-order valence-electron chi connectivity index (χ4n) is 4.27. The van der Waals surface area contributed by atoms with Crippen LogP contribution in [0.5, 0.6) is 17.2 Å². The fourth-order valence-corrected chi connectivity index (χ4v) is 5.34. The Morgan fingerprint density at radius 3 is 2.50 bits per heavy atom. The maximum atomic E-state index is 13.4. The molecule has 2 aromatic rings. The number of phenols is 2. The first-order chi connectivity index (χ1) is 18.7. The number of para-hydroxylation sites is 1. The standard InChI is InChI=1S/C22H22BClN4O11S/c1-40(37,38)28-8-7-27(22(28)35)21(34)26-16(11-5-6-13(29)17(30)15(11)24)19(31)25-14-9-10-3-2-4-12(20(32)33)18(10)39-23(14)36/h2-6,14,16,29-30,36H,7-9H2,1H3,(H,25,31)(H,26,34)(H,32,33)/t14-,16?/m0/s1. The van der Waals surface area contributed by atoms with E-state index in [2.05, 4.69) is 10.6 Å². The van der Waals surface area contributed by atoms with Crippen molar-refractivity contribution in [3.8, 4) is 17.2 Å². The molecule has 5 amide bonds. The number of carbonyl (C=O) groups is 4. The van der Waals surface area contributed by atoms with Crippen LogP contribution in [-0.2, 0) is 21.2 Å². The van der Waals surface area contributed by atoms with Crippen molar-refractivity contribution in [3.05, 3.63) is 52.0 Å². The van der Waals surface area contributed by atoms with Crippen molar-refractivity contribution >= 4 is 52.7 Å². The van der Waals surface area contributed by atoms with Gasteiger partial charge >= 0.3 is 25.1 Å². The van der Waals surface area contributed by atoms with Crippen molar-refractivity contribution in [1.82, 2.24) is 19.8 Å². The van der Waals surface area contributed by atoms with Gasteiger partial charge in [-0.2, -0.15) is 0 Å². The third kappa shape index (κ3) is 5.43. The Labute approximate surface area is 232 Å². The molecule has 0 saturated carbocycles. The summed E-state index contributed by atoms with van der Waals surface area (Å²) in [5, 5.41) is 44.0. The molecule has 6 N–H and O–H groups in total. The molecule has 0 spiro atoms. The maximum absolute atomic E-state index is 13.4. The van der Waals surface area contributed by atoms with Crippen LogP contribution in [-0.4, -0.2) is 94.3 Å². The van der Waals surface area contributed by atoms with Gasteiger partial charge in [-0.3, -0.25) is 4.79 Å². The topological polar surface area (TPSA) is 223 Å². The molecule has 15 nitrogen and oxygen atoms in total. The predicted octanol–water partition coefficient (Wildman–Crippen LogP) is 0.0369. The fraction of sp³-hybridized carbons (Fsp3) is 0.273. The number of fused-ring (bicyclic) bond motifs is 1. The third-order valence-corrected chi connectivity index (χ3v) is 7.80. The minimum absolute atomic E-state index is 0.0765. The molecule has 18 heteroatoms. The number of amides is 5. The van der Waals surface area contributed by atoms with E-state index in [1.54, 1.807) is 0 Å². The highest BCUT2D eigenvalue weighted by Crippen LogP contribution is 2.38. The van der Waals surface area contributed by atoms with Crippen LogP contribution in [0.3, 0.4) is 0 Å². The number of hydrogen-bond donors (Lipinski definition) is 6. The number of aromatic hydroxyl groups is 2. The van der Waals surface area contributed by atoms with Crippen molar-refractivity contribution in [1.29, 1.82) is 0 Å². The van der Waals surface area contributed by atoms with E-state index in [0.717, 1.165) is 18.4 Å². The third-order valence-electron chi connectivity index (χ3n) is 6.26. The number of imide groups is 1. The van der Waals surface area contributed by atoms with Crippen LogP contribution in [0, 0.1) is 0 Å². The molecular weight excluding hydrogens is 575 g/mol. The summed E-state index contributed by atoms with van der Waals surface area (Å²) < 4.78 is 29.5. The smallest absolute Gasteiger partial charge is 0.534 e. The number of urea groups is 2. The molecule has 1 unspecified atom stereocenters. The number of carboxylic acids is 1. The number of sulfonamides is 1. The van der Waals surface area contributed by atoms with E-state index in [1.807, 2.05) is 0 Å². The van der Waals surface area contributed by atoms with Gasteiger partial charge in [0.15, 0.2) is 11.5 Å². The first-order valence-electron chi connectivity index (χ1n) is 11.5. The normalized spacial score (nSPS) is 17.6. The Morgan fingerprint density at radius 1 is 1.18 bits per heavy atom. The average Bonchev–Trinajstić information content (AvgIpc) is 3.28. The van der Waals surface area contributed by atoms with Crippen LogP contribution >= 0.6 is 11.6 Å². The molecule has 0 radical (unpaired) electrons. The van der Waals surface area contributed by atoms with Gasteiger partial charge in [0.25, 0.3) is 0 Å². The van der Waals surface area contributed by atoms with Crippen LogP contribution in [0.25, 0.3) is 0 Å². The summed E-state index contributed by atoms with van der Waals surface area (Å²) in [6.07, 6.45) is 0.711. The van der Waals surface area contributed by atoms with Crippen LogP contribution in [0.2, 0.25) is 5.02 Å². The number of phenolic OH excluding ortho intramolecular Hbond substituents is 2. The summed E-state index contributed by atoms with van der Waals surface area (Å²) in [6.45, 7) is -0.634. The van der Waals surface area contributed by atoms with Gasteiger partial charge in [0.05, 0.1) is 35.9 Å². The first kappa shape index (κ1) is 28.8. The molecule has 2 aliphatic heterocycles. The van der Waals surface area contributed by atoms with Crippen LogP contribution in [0.4, 0.5) is 9.59 Å². The van der Waals surface area contributed by atoms with E-state index in [1.165, 1.54) is 18.2 Å². The minimum atomic E-state index is -3.97. The summed E-state index contributed by atoms with van der Waals surface area (Å²) in [6, 6.07) is 2.34. The predicted molar refractivity (Wildman–Crippen MR) is 137 cm³/mol. The SMILES string of the molecule is CS(=O)(=O)N1CCN(C(=O)NC(C(=O)N[C@H]2Cc3cccc(C(=O)O)c3OB2O)c2ccc(O)c(O)c2Cl)C1=O. The minimum Gasteiger partial charge on any atom is -0.534 e. The van der Waals surface area contributed by atoms with E-state index in [4.69, 9.17) is 16.3 Å². The molecule has 0 aliphatic carbocycles.